The molecular weight excluding hydrogens is 320 g/mol. The molecule has 0 aromatic heterocycles. The summed E-state index contributed by atoms with van der Waals surface area (Å²) in [5.74, 6) is 0.207. The van der Waals surface area contributed by atoms with Crippen molar-refractivity contribution in [2.24, 2.45) is 0 Å². The maximum Gasteiger partial charge on any atom is 0.343 e. The van der Waals surface area contributed by atoms with E-state index < -0.39 is 0 Å². The van der Waals surface area contributed by atoms with Crippen molar-refractivity contribution < 1.29 is 9.53 Å². The first-order valence-corrected chi connectivity index (χ1v) is 8.57. The molecule has 2 heteroatoms. The second kappa shape index (κ2) is 6.85. The molecule has 0 aliphatic heterocycles. The van der Waals surface area contributed by atoms with Gasteiger partial charge in [0.1, 0.15) is 5.75 Å². The van der Waals surface area contributed by atoms with Gasteiger partial charge < -0.3 is 4.74 Å². The average molecular weight is 338 g/mol. The van der Waals surface area contributed by atoms with Crippen LogP contribution in [0.4, 0.5) is 0 Å². The Balaban J connectivity index is 1.55. The fraction of sp³-hybridized carbons (Fsp3) is 0.0417. The summed E-state index contributed by atoms with van der Waals surface area (Å²) in [6, 6.07) is 29.6. The zero-order valence-corrected chi connectivity index (χ0v) is 14.5. The molecule has 4 aromatic rings. The lowest BCUT2D eigenvalue weighted by Gasteiger charge is -2.07. The number of hydrogen-bond donors (Lipinski definition) is 0. The molecule has 0 spiro atoms. The van der Waals surface area contributed by atoms with Crippen molar-refractivity contribution in [3.05, 3.63) is 102 Å². The minimum absolute atomic E-state index is 0.348. The summed E-state index contributed by atoms with van der Waals surface area (Å²) in [5, 5.41) is 2.42. The predicted octanol–water partition coefficient (Wildman–Crippen LogP) is 6.03. The topological polar surface area (TPSA) is 26.3 Å². The molecule has 0 fully saturated rings. The smallest absolute Gasteiger partial charge is 0.343 e. The third kappa shape index (κ3) is 3.35. The fourth-order valence-electron chi connectivity index (χ4n) is 2.94. The Bertz CT molecular complexity index is 1060. The van der Waals surface area contributed by atoms with Crippen molar-refractivity contribution in [2.45, 2.75) is 6.92 Å². The molecular formula is C24H18O2. The Labute approximate surface area is 152 Å². The maximum atomic E-state index is 12.3. The zero-order valence-electron chi connectivity index (χ0n) is 14.5. The normalized spacial score (nSPS) is 10.7. The van der Waals surface area contributed by atoms with Crippen LogP contribution in [0.25, 0.3) is 21.9 Å². The van der Waals surface area contributed by atoms with Gasteiger partial charge >= 0.3 is 5.97 Å². The van der Waals surface area contributed by atoms with E-state index in [9.17, 15) is 4.79 Å². The molecule has 0 saturated heterocycles. The van der Waals surface area contributed by atoms with Crippen LogP contribution in [0, 0.1) is 6.92 Å². The number of rotatable bonds is 3. The number of carbonyl (C=O) groups excluding carboxylic acids is 1. The summed E-state index contributed by atoms with van der Waals surface area (Å²) >= 11 is 0. The van der Waals surface area contributed by atoms with Crippen LogP contribution in [-0.4, -0.2) is 5.97 Å². The fourth-order valence-corrected chi connectivity index (χ4v) is 2.94. The predicted molar refractivity (Wildman–Crippen MR) is 106 cm³/mol. The molecule has 4 rings (SSSR count). The lowest BCUT2D eigenvalue weighted by atomic mass is 10.0. The van der Waals surface area contributed by atoms with E-state index in [0.717, 1.165) is 16.7 Å². The molecule has 4 aromatic carbocycles. The Morgan fingerprint density at radius 3 is 2.08 bits per heavy atom. The third-order valence-corrected chi connectivity index (χ3v) is 4.43. The van der Waals surface area contributed by atoms with Gasteiger partial charge in [0.05, 0.1) is 5.56 Å². The van der Waals surface area contributed by atoms with Crippen LogP contribution in [0.5, 0.6) is 5.75 Å². The van der Waals surface area contributed by atoms with Crippen molar-refractivity contribution in [2.75, 3.05) is 0 Å². The van der Waals surface area contributed by atoms with E-state index in [-0.39, 0.29) is 5.97 Å². The Kier molecular flexibility index (Phi) is 4.24. The summed E-state index contributed by atoms with van der Waals surface area (Å²) in [5.41, 5.74) is 3.87. The van der Waals surface area contributed by atoms with Crippen molar-refractivity contribution in [1.82, 2.24) is 0 Å². The highest BCUT2D eigenvalue weighted by Gasteiger charge is 2.09. The minimum Gasteiger partial charge on any atom is -0.423 e. The molecule has 0 N–H and O–H groups in total. The number of fused-ring (bicyclic) bond motifs is 1. The first-order valence-electron chi connectivity index (χ1n) is 8.57. The van der Waals surface area contributed by atoms with Gasteiger partial charge in [0.2, 0.25) is 0 Å². The number of benzene rings is 4. The largest absolute Gasteiger partial charge is 0.423 e. The second-order valence-corrected chi connectivity index (χ2v) is 6.34. The molecule has 0 unspecified atom stereocenters. The Morgan fingerprint density at radius 2 is 1.35 bits per heavy atom. The molecule has 26 heavy (non-hydrogen) atoms. The lowest BCUT2D eigenvalue weighted by molar-refractivity contribution is 0.0735. The highest BCUT2D eigenvalue weighted by molar-refractivity contribution is 5.92. The van der Waals surface area contributed by atoms with Crippen LogP contribution in [-0.2, 0) is 0 Å². The summed E-state index contributed by atoms with van der Waals surface area (Å²) in [7, 11) is 0. The van der Waals surface area contributed by atoms with Crippen LogP contribution < -0.4 is 4.74 Å². The lowest BCUT2D eigenvalue weighted by Crippen LogP contribution is -2.08. The summed E-state index contributed by atoms with van der Waals surface area (Å²) in [4.78, 5) is 12.3. The third-order valence-electron chi connectivity index (χ3n) is 4.43. The summed E-state index contributed by atoms with van der Waals surface area (Å²) in [6.45, 7) is 2.00. The van der Waals surface area contributed by atoms with Crippen LogP contribution in [0.15, 0.2) is 91.0 Å². The van der Waals surface area contributed by atoms with E-state index in [1.54, 1.807) is 24.3 Å². The van der Waals surface area contributed by atoms with Crippen molar-refractivity contribution >= 4 is 16.7 Å². The first-order chi connectivity index (χ1) is 12.7. The van der Waals surface area contributed by atoms with Crippen LogP contribution in [0.3, 0.4) is 0 Å². The van der Waals surface area contributed by atoms with Crippen LogP contribution in [0.2, 0.25) is 0 Å². The SMILES string of the molecule is Cc1ccc(OC(=O)c2ccc(-c3ccc4ccccc4c3)cc2)cc1. The van der Waals surface area contributed by atoms with Gasteiger partial charge in [-0.3, -0.25) is 0 Å². The molecule has 2 nitrogen and oxygen atoms in total. The highest BCUT2D eigenvalue weighted by atomic mass is 16.5. The molecule has 0 aliphatic rings. The molecule has 0 saturated carbocycles. The van der Waals surface area contributed by atoms with Crippen molar-refractivity contribution in [3.63, 3.8) is 0 Å². The van der Waals surface area contributed by atoms with Gasteiger partial charge in [-0.2, -0.15) is 0 Å². The van der Waals surface area contributed by atoms with E-state index in [4.69, 9.17) is 4.74 Å². The van der Waals surface area contributed by atoms with Crippen molar-refractivity contribution in [3.8, 4) is 16.9 Å². The second-order valence-electron chi connectivity index (χ2n) is 6.34. The number of ether oxygens (including phenoxy) is 1. The Hall–Kier alpha value is -3.39. The number of esters is 1. The molecule has 0 radical (unpaired) electrons. The first kappa shape index (κ1) is 16.1. The number of aryl methyl sites for hydroxylation is 1. The van der Waals surface area contributed by atoms with Gasteiger partial charge in [-0.25, -0.2) is 4.79 Å². The van der Waals surface area contributed by atoms with E-state index in [1.807, 2.05) is 43.3 Å². The van der Waals surface area contributed by atoms with Gasteiger partial charge in [-0.15, -0.1) is 0 Å². The summed E-state index contributed by atoms with van der Waals surface area (Å²) in [6.07, 6.45) is 0. The molecule has 0 bridgehead atoms. The van der Waals surface area contributed by atoms with E-state index in [0.29, 0.717) is 11.3 Å². The molecule has 126 valence electrons. The van der Waals surface area contributed by atoms with Gasteiger partial charge in [-0.05, 0) is 59.2 Å². The van der Waals surface area contributed by atoms with Gasteiger partial charge in [-0.1, -0.05) is 66.2 Å². The van der Waals surface area contributed by atoms with Crippen molar-refractivity contribution in [1.29, 1.82) is 0 Å². The van der Waals surface area contributed by atoms with Gasteiger partial charge in [0.15, 0.2) is 0 Å². The minimum atomic E-state index is -0.348. The zero-order chi connectivity index (χ0) is 17.9. The molecule has 0 atom stereocenters. The standard InChI is InChI=1S/C24H18O2/c1-17-6-14-23(15-7-17)26-24(25)20-11-8-19(9-12-20)22-13-10-18-4-2-3-5-21(18)16-22/h2-16H,1H3. The number of hydrogen-bond acceptors (Lipinski definition) is 2. The van der Waals surface area contributed by atoms with Crippen LogP contribution in [0.1, 0.15) is 15.9 Å². The van der Waals surface area contributed by atoms with Gasteiger partial charge in [0, 0.05) is 0 Å². The average Bonchev–Trinajstić information content (AvgIpc) is 2.69. The highest BCUT2D eigenvalue weighted by Crippen LogP contribution is 2.25. The Morgan fingerprint density at radius 1 is 0.692 bits per heavy atom. The van der Waals surface area contributed by atoms with Gasteiger partial charge in [0.25, 0.3) is 0 Å². The van der Waals surface area contributed by atoms with E-state index in [1.165, 1.54) is 10.8 Å². The number of carbonyl (C=O) groups is 1. The molecule has 0 heterocycles. The van der Waals surface area contributed by atoms with Crippen LogP contribution >= 0.6 is 0 Å². The van der Waals surface area contributed by atoms with E-state index in [2.05, 4.69) is 30.3 Å². The molecule has 0 aliphatic carbocycles. The van der Waals surface area contributed by atoms with E-state index >= 15 is 0 Å². The monoisotopic (exact) mass is 338 g/mol. The summed E-state index contributed by atoms with van der Waals surface area (Å²) < 4.78 is 5.42. The molecule has 0 amide bonds. The quantitative estimate of drug-likeness (QED) is 0.336. The maximum absolute atomic E-state index is 12.3.